The van der Waals surface area contributed by atoms with Crippen LogP contribution in [0.15, 0.2) is 0 Å². The summed E-state index contributed by atoms with van der Waals surface area (Å²) >= 11 is -2.54. The Labute approximate surface area is 85.7 Å². The van der Waals surface area contributed by atoms with E-state index in [1.165, 1.54) is 0 Å². The van der Waals surface area contributed by atoms with Gasteiger partial charge in [-0.1, -0.05) is 0 Å². The largest absolute Gasteiger partial charge is 0.433 e. The summed E-state index contributed by atoms with van der Waals surface area (Å²) in [6.45, 7) is 0. The second-order valence-electron chi connectivity index (χ2n) is 0.880. The molecule has 0 atom stereocenters. The molecule has 0 rings (SSSR count). The number of halogens is 1. The highest BCUT2D eigenvalue weighted by atomic mass is 80.0. The van der Waals surface area contributed by atoms with Crippen LogP contribution in [-0.4, -0.2) is 30.8 Å². The van der Waals surface area contributed by atoms with Gasteiger partial charge in [-0.15, -0.1) is 0 Å². The lowest BCUT2D eigenvalue weighted by molar-refractivity contribution is -1.63. The molecule has 0 saturated heterocycles. The van der Waals surface area contributed by atoms with E-state index in [4.69, 9.17) is 39.2 Å². The molecule has 0 aliphatic rings. The minimum atomic E-state index is -3.83. The molecule has 13 heavy (non-hydrogen) atoms. The van der Waals surface area contributed by atoms with E-state index in [1.807, 2.05) is 0 Å². The van der Waals surface area contributed by atoms with E-state index in [-0.39, 0.29) is 0 Å². The van der Waals surface area contributed by atoms with Crippen LogP contribution in [0.1, 0.15) is 0 Å². The molecule has 13 heteroatoms. The maximum atomic E-state index is 9.11. The Bertz CT molecular complexity index is 188. The quantitative estimate of drug-likeness (QED) is 0.279. The van der Waals surface area contributed by atoms with Crippen molar-refractivity contribution >= 4 is 31.6 Å². The molecular formula is H5BrO9S3. The molecule has 9 nitrogen and oxygen atoms in total. The summed E-state index contributed by atoms with van der Waals surface area (Å²) in [6.07, 6.45) is 0. The first-order valence-electron chi connectivity index (χ1n) is 1.71. The van der Waals surface area contributed by atoms with E-state index >= 15 is 0 Å². The molecule has 0 unspecified atom stereocenters. The zero-order valence-corrected chi connectivity index (χ0v) is 9.51. The van der Waals surface area contributed by atoms with Gasteiger partial charge in [0.2, 0.25) is 0 Å². The summed E-state index contributed by atoms with van der Waals surface area (Å²) in [7, 11) is -3.83. The second kappa shape index (κ2) is 10.8. The van der Waals surface area contributed by atoms with Gasteiger partial charge in [-0.25, -0.2) is 0 Å². The highest BCUT2D eigenvalue weighted by Crippen LogP contribution is 1.62. The molecule has 0 bridgehead atoms. The lowest BCUT2D eigenvalue weighted by Gasteiger charge is -1.73. The van der Waals surface area contributed by atoms with Gasteiger partial charge in [0.05, 0.1) is 0 Å². The summed E-state index contributed by atoms with van der Waals surface area (Å²) in [6, 6.07) is 0. The van der Waals surface area contributed by atoms with E-state index in [1.54, 1.807) is 0 Å². The van der Waals surface area contributed by atoms with Gasteiger partial charge in [-0.3, -0.25) is 18.2 Å². The zero-order chi connectivity index (χ0) is 11.7. The van der Waals surface area contributed by atoms with Crippen molar-refractivity contribution < 1.29 is 54.0 Å². The fourth-order valence-electron chi connectivity index (χ4n) is 0. The normalized spacial score (nSPS) is 9.92. The Morgan fingerprint density at radius 3 is 1.31 bits per heavy atom. The van der Waals surface area contributed by atoms with E-state index in [2.05, 4.69) is 11.2 Å². The highest BCUT2D eigenvalue weighted by molar-refractivity contribution is 8.26. The van der Waals surface area contributed by atoms with E-state index in [0.29, 0.717) is 0 Å². The summed E-state index contributed by atoms with van der Waals surface area (Å²) in [5.74, 6) is 0. The van der Waals surface area contributed by atoms with Crippen LogP contribution in [0, 0.1) is 14.8 Å². The number of rotatable bonds is 0. The average molecular weight is 325 g/mol. The minimum Gasteiger partial charge on any atom is -0.372 e. The summed E-state index contributed by atoms with van der Waals surface area (Å²) in [4.78, 5) is 0. The molecule has 0 radical (unpaired) electrons. The van der Waals surface area contributed by atoms with Gasteiger partial charge in [0.25, 0.3) is 20.4 Å². The molecule has 0 heterocycles. The van der Waals surface area contributed by atoms with Gasteiger partial charge in [0, 0.05) is 11.2 Å². The van der Waals surface area contributed by atoms with E-state index in [0.717, 1.165) is 0 Å². The first-order valence-corrected chi connectivity index (χ1v) is 7.17. The Balaban J connectivity index is -0.000000117. The molecule has 0 aromatic carbocycles. The molecule has 0 saturated carbocycles. The number of hydrogen-bond acceptors (Lipinski definition) is 6. The lowest BCUT2D eigenvalue weighted by Crippen LogP contribution is -2.30. The average Bonchev–Trinajstić information content (AvgIpc) is 1.50. The smallest absolute Gasteiger partial charge is 0.372 e. The highest BCUT2D eigenvalue weighted by Gasteiger charge is 1.86. The molecule has 0 aromatic heterocycles. The zero-order valence-electron chi connectivity index (χ0n) is 5.47. The van der Waals surface area contributed by atoms with Crippen LogP contribution < -0.4 is 8.40 Å². The van der Waals surface area contributed by atoms with Gasteiger partial charge in [0.15, 0.2) is 0 Å². The van der Waals surface area contributed by atoms with Crippen molar-refractivity contribution in [2.24, 2.45) is 0 Å². The lowest BCUT2D eigenvalue weighted by atomic mass is 15.8. The van der Waals surface area contributed by atoms with Crippen molar-refractivity contribution in [3.63, 3.8) is 0 Å². The van der Waals surface area contributed by atoms with E-state index < -0.39 is 35.2 Å². The molecule has 0 aromatic rings. The third-order valence-electron chi connectivity index (χ3n) is 0. The van der Waals surface area contributed by atoms with Crippen molar-refractivity contribution in [3.05, 3.63) is 0 Å². The standard InChI is InChI=1S/BrHO3.H2O3S2.H2O3S/c2-1(3)4;1-5(2,3)4;1-4(2)3/h2H;(H2,1,2,3,4);(H2,1,2,3). The molecule has 0 amide bonds. The third kappa shape index (κ3) is 2820. The fraction of sp³-hybridized carbons (Fsp3) is 0. The predicted octanol–water partition coefficient (Wildman–Crippen LogP) is -3.58. The maximum absolute atomic E-state index is 9.11. The van der Waals surface area contributed by atoms with Crippen LogP contribution in [0.3, 0.4) is 0 Å². The Morgan fingerprint density at radius 2 is 1.31 bits per heavy atom. The van der Waals surface area contributed by atoms with Gasteiger partial charge in [-0.05, 0) is 4.20 Å². The van der Waals surface area contributed by atoms with Crippen molar-refractivity contribution in [1.29, 1.82) is 0 Å². The second-order valence-corrected chi connectivity index (χ2v) is 4.38. The summed E-state index contributed by atoms with van der Waals surface area (Å²) in [5, 5.41) is 0. The molecule has 0 fully saturated rings. The van der Waals surface area contributed by atoms with Gasteiger partial charge in [0.1, 0.15) is 0 Å². The first-order chi connectivity index (χ1) is 5.46. The van der Waals surface area contributed by atoms with Crippen molar-refractivity contribution in [2.75, 3.05) is 0 Å². The third-order valence-corrected chi connectivity index (χ3v) is 0. The molecule has 0 aliphatic carbocycles. The maximum Gasteiger partial charge on any atom is 0.433 e. The topological polar surface area (TPSA) is 181 Å². The van der Waals surface area contributed by atoms with Gasteiger partial charge in [-0.2, -0.15) is 8.42 Å². The summed E-state index contributed by atoms with van der Waals surface area (Å²) < 4.78 is 71.1. The van der Waals surface area contributed by atoms with Gasteiger partial charge >= 0.3 is 14.8 Å². The van der Waals surface area contributed by atoms with E-state index in [9.17, 15) is 0 Å². The Morgan fingerprint density at radius 1 is 1.31 bits per heavy atom. The Hall–Kier alpha value is 0.720. The monoisotopic (exact) mass is 324 g/mol. The molecular weight excluding hydrogens is 320 g/mol. The van der Waals surface area contributed by atoms with Crippen LogP contribution in [-0.2, 0) is 31.6 Å². The SMILES string of the molecule is O=S(O)(O)=S.O=S(O)O.[O-][Br+2]([O-])O. The molecule has 5 N–H and O–H groups in total. The van der Waals surface area contributed by atoms with Crippen molar-refractivity contribution in [3.8, 4) is 0 Å². The van der Waals surface area contributed by atoms with Crippen LogP contribution in [0.5, 0.6) is 0 Å². The van der Waals surface area contributed by atoms with Gasteiger partial charge < -0.3 is 8.40 Å². The van der Waals surface area contributed by atoms with Crippen LogP contribution in [0.25, 0.3) is 0 Å². The molecule has 0 spiro atoms. The fourth-order valence-corrected chi connectivity index (χ4v) is 0. The molecule has 84 valence electrons. The molecule has 0 aliphatic heterocycles. The Kier molecular flexibility index (Phi) is 16.0. The predicted molar refractivity (Wildman–Crippen MR) is 36.4 cm³/mol. The van der Waals surface area contributed by atoms with Crippen LogP contribution in [0.2, 0.25) is 0 Å². The first kappa shape index (κ1) is 19.3. The minimum absolute atomic E-state index is 2.61. The van der Waals surface area contributed by atoms with Crippen molar-refractivity contribution in [2.45, 2.75) is 0 Å². The number of hydrogen-bond donors (Lipinski definition) is 5. The van der Waals surface area contributed by atoms with Crippen LogP contribution in [0.4, 0.5) is 0 Å². The van der Waals surface area contributed by atoms with Crippen molar-refractivity contribution in [1.82, 2.24) is 0 Å². The summed E-state index contributed by atoms with van der Waals surface area (Å²) in [5.41, 5.74) is 0. The van der Waals surface area contributed by atoms with Crippen LogP contribution >= 0.6 is 0 Å².